The van der Waals surface area contributed by atoms with Crippen LogP contribution in [0.2, 0.25) is 0 Å². The summed E-state index contributed by atoms with van der Waals surface area (Å²) >= 11 is 0. The fourth-order valence-corrected chi connectivity index (χ4v) is 2.42. The van der Waals surface area contributed by atoms with Crippen molar-refractivity contribution in [1.29, 1.82) is 0 Å². The Morgan fingerprint density at radius 3 is 2.50 bits per heavy atom. The molecular weight excluding hydrogens is 321 g/mol. The van der Waals surface area contributed by atoms with Crippen molar-refractivity contribution in [1.82, 2.24) is 20.2 Å². The maximum atomic E-state index is 12.3. The molecule has 124 valence electrons. The molecule has 5 nitrogen and oxygen atoms in total. The molecule has 1 aromatic carbocycles. The number of hydrogen-bond acceptors (Lipinski definition) is 4. The third-order valence-corrected chi connectivity index (χ3v) is 3.45. The zero-order chi connectivity index (χ0) is 17.0. The number of aromatic amines is 1. The van der Waals surface area contributed by atoms with E-state index < -0.39 is 6.36 Å². The third-order valence-electron chi connectivity index (χ3n) is 3.45. The second kappa shape index (κ2) is 6.69. The zero-order valence-corrected chi connectivity index (χ0v) is 12.4. The van der Waals surface area contributed by atoms with Gasteiger partial charge in [0.05, 0.1) is 12.0 Å². The molecule has 3 rings (SSSR count). The first-order chi connectivity index (χ1) is 11.5. The number of H-pyrrole nitrogens is 1. The minimum atomic E-state index is -4.70. The van der Waals surface area contributed by atoms with Crippen LogP contribution >= 0.6 is 0 Å². The van der Waals surface area contributed by atoms with E-state index >= 15 is 0 Å². The molecule has 0 bridgehead atoms. The Balaban J connectivity index is 1.86. The molecule has 1 atom stereocenters. The van der Waals surface area contributed by atoms with Crippen LogP contribution in [0.5, 0.6) is 5.75 Å². The van der Waals surface area contributed by atoms with Crippen LogP contribution in [0.3, 0.4) is 0 Å². The molecule has 0 fully saturated rings. The first-order valence-electron chi connectivity index (χ1n) is 7.12. The normalized spacial score (nSPS) is 12.8. The second-order valence-corrected chi connectivity index (χ2v) is 5.10. The van der Waals surface area contributed by atoms with Crippen LogP contribution in [0.4, 0.5) is 13.2 Å². The van der Waals surface area contributed by atoms with Gasteiger partial charge in [-0.2, -0.15) is 10.2 Å². The molecule has 0 aliphatic heterocycles. The van der Waals surface area contributed by atoms with Crippen LogP contribution in [0.25, 0.3) is 0 Å². The molecule has 0 amide bonds. The molecule has 0 saturated carbocycles. The summed E-state index contributed by atoms with van der Waals surface area (Å²) in [4.78, 5) is 7.05. The predicted octanol–water partition coefficient (Wildman–Crippen LogP) is 3.47. The van der Waals surface area contributed by atoms with Gasteiger partial charge in [-0.25, -0.2) is 4.98 Å². The average Bonchev–Trinajstić information content (AvgIpc) is 3.07. The summed E-state index contributed by atoms with van der Waals surface area (Å²) in [5.74, 6) is -0.391. The van der Waals surface area contributed by atoms with E-state index in [0.717, 1.165) is 17.0 Å². The van der Waals surface area contributed by atoms with E-state index in [2.05, 4.69) is 24.9 Å². The minimum Gasteiger partial charge on any atom is -0.406 e. The Bertz CT molecular complexity index is 758. The molecule has 0 spiro atoms. The van der Waals surface area contributed by atoms with E-state index in [1.165, 1.54) is 12.1 Å². The standard InChI is InChI=1S/C16H13F3N4O/c17-16(18,19)24-13-5-3-11(4-6-13)14(15-9-20-10-21-15)8-12-2-1-7-22-23-12/h1-7,9-10,14H,8H2,(H,20,21). The van der Waals surface area contributed by atoms with Gasteiger partial charge in [0.2, 0.25) is 0 Å². The summed E-state index contributed by atoms with van der Waals surface area (Å²) in [6, 6.07) is 9.42. The highest BCUT2D eigenvalue weighted by Gasteiger charge is 2.31. The van der Waals surface area contributed by atoms with Crippen LogP contribution < -0.4 is 4.74 Å². The molecule has 3 aromatic rings. The van der Waals surface area contributed by atoms with Crippen LogP contribution in [0.1, 0.15) is 22.9 Å². The zero-order valence-electron chi connectivity index (χ0n) is 12.4. The number of imidazole rings is 1. The van der Waals surface area contributed by atoms with E-state index in [-0.39, 0.29) is 11.7 Å². The quantitative estimate of drug-likeness (QED) is 0.776. The summed E-state index contributed by atoms with van der Waals surface area (Å²) < 4.78 is 40.7. The Morgan fingerprint density at radius 1 is 1.12 bits per heavy atom. The average molecular weight is 334 g/mol. The lowest BCUT2D eigenvalue weighted by atomic mass is 9.91. The number of ether oxygens (including phenoxy) is 1. The number of alkyl halides is 3. The van der Waals surface area contributed by atoms with E-state index in [9.17, 15) is 13.2 Å². The molecule has 1 unspecified atom stereocenters. The highest BCUT2D eigenvalue weighted by atomic mass is 19.4. The summed E-state index contributed by atoms with van der Waals surface area (Å²) in [5, 5.41) is 7.91. The number of nitrogens with zero attached hydrogens (tertiary/aromatic N) is 3. The lowest BCUT2D eigenvalue weighted by molar-refractivity contribution is -0.274. The first kappa shape index (κ1) is 16.0. The van der Waals surface area contributed by atoms with Gasteiger partial charge in [-0.15, -0.1) is 13.2 Å². The van der Waals surface area contributed by atoms with Crippen LogP contribution in [0, 0.1) is 0 Å². The number of hydrogen-bond donors (Lipinski definition) is 1. The van der Waals surface area contributed by atoms with Gasteiger partial charge in [0.1, 0.15) is 5.75 Å². The van der Waals surface area contributed by atoms with Crippen molar-refractivity contribution in [3.8, 4) is 5.75 Å². The molecule has 2 aromatic heterocycles. The van der Waals surface area contributed by atoms with Crippen molar-refractivity contribution in [3.63, 3.8) is 0 Å². The van der Waals surface area contributed by atoms with Crippen molar-refractivity contribution in [3.05, 3.63) is 72.1 Å². The smallest absolute Gasteiger partial charge is 0.406 e. The summed E-state index contributed by atoms with van der Waals surface area (Å²) in [5.41, 5.74) is 2.43. The summed E-state index contributed by atoms with van der Waals surface area (Å²) in [6.07, 6.45) is 0.651. The molecule has 2 heterocycles. The second-order valence-electron chi connectivity index (χ2n) is 5.10. The van der Waals surface area contributed by atoms with Crippen LogP contribution in [-0.4, -0.2) is 26.5 Å². The highest BCUT2D eigenvalue weighted by molar-refractivity contribution is 5.34. The number of nitrogens with one attached hydrogen (secondary N) is 1. The van der Waals surface area contributed by atoms with Gasteiger partial charge >= 0.3 is 6.36 Å². The fourth-order valence-electron chi connectivity index (χ4n) is 2.42. The Morgan fingerprint density at radius 2 is 1.92 bits per heavy atom. The monoisotopic (exact) mass is 334 g/mol. The van der Waals surface area contributed by atoms with E-state index in [0.29, 0.717) is 6.42 Å². The molecule has 0 saturated heterocycles. The SMILES string of the molecule is FC(F)(F)Oc1ccc(C(Cc2cccnn2)c2cnc[nH]2)cc1. The van der Waals surface area contributed by atoms with Gasteiger partial charge in [-0.3, -0.25) is 0 Å². The third kappa shape index (κ3) is 4.09. The summed E-state index contributed by atoms with van der Waals surface area (Å²) in [6.45, 7) is 0. The van der Waals surface area contributed by atoms with Gasteiger partial charge in [0.25, 0.3) is 0 Å². The molecule has 0 aliphatic rings. The molecular formula is C16H13F3N4O. The van der Waals surface area contributed by atoms with E-state index in [4.69, 9.17) is 0 Å². The van der Waals surface area contributed by atoms with E-state index in [1.807, 2.05) is 6.07 Å². The lowest BCUT2D eigenvalue weighted by Crippen LogP contribution is -2.17. The molecule has 0 aliphatic carbocycles. The lowest BCUT2D eigenvalue weighted by Gasteiger charge is -2.16. The minimum absolute atomic E-state index is 0.135. The van der Waals surface area contributed by atoms with Crippen molar-refractivity contribution in [2.24, 2.45) is 0 Å². The van der Waals surface area contributed by atoms with Crippen molar-refractivity contribution >= 4 is 0 Å². The Kier molecular flexibility index (Phi) is 4.45. The largest absolute Gasteiger partial charge is 0.573 e. The maximum absolute atomic E-state index is 12.3. The number of rotatable bonds is 5. The van der Waals surface area contributed by atoms with Gasteiger partial charge in [-0.05, 0) is 29.8 Å². The van der Waals surface area contributed by atoms with Gasteiger partial charge in [0, 0.05) is 30.4 Å². The van der Waals surface area contributed by atoms with Crippen molar-refractivity contribution in [2.45, 2.75) is 18.7 Å². The number of benzene rings is 1. The topological polar surface area (TPSA) is 63.7 Å². The molecule has 1 N–H and O–H groups in total. The van der Waals surface area contributed by atoms with Crippen LogP contribution in [0.15, 0.2) is 55.1 Å². The Labute approximate surface area is 135 Å². The predicted molar refractivity (Wildman–Crippen MR) is 79.3 cm³/mol. The summed E-state index contributed by atoms with van der Waals surface area (Å²) in [7, 11) is 0. The number of halogens is 3. The van der Waals surface area contributed by atoms with Crippen LogP contribution in [-0.2, 0) is 6.42 Å². The van der Waals surface area contributed by atoms with Crippen molar-refractivity contribution < 1.29 is 17.9 Å². The first-order valence-corrected chi connectivity index (χ1v) is 7.12. The van der Waals surface area contributed by atoms with Gasteiger partial charge in [-0.1, -0.05) is 12.1 Å². The van der Waals surface area contributed by atoms with E-state index in [1.54, 1.807) is 36.9 Å². The van der Waals surface area contributed by atoms with Crippen molar-refractivity contribution in [2.75, 3.05) is 0 Å². The highest BCUT2D eigenvalue weighted by Crippen LogP contribution is 2.29. The maximum Gasteiger partial charge on any atom is 0.573 e. The number of aromatic nitrogens is 4. The van der Waals surface area contributed by atoms with Gasteiger partial charge in [0.15, 0.2) is 0 Å². The fraction of sp³-hybridized carbons (Fsp3) is 0.188. The Hall–Kier alpha value is -2.90. The molecule has 24 heavy (non-hydrogen) atoms. The van der Waals surface area contributed by atoms with Gasteiger partial charge < -0.3 is 9.72 Å². The molecule has 0 radical (unpaired) electrons. The molecule has 8 heteroatoms.